The van der Waals surface area contributed by atoms with Gasteiger partial charge in [0.2, 0.25) is 11.1 Å². The summed E-state index contributed by atoms with van der Waals surface area (Å²) in [4.78, 5) is 18.6. The number of nitrogens with one attached hydrogen (secondary N) is 1. The SMILES string of the molecule is CCN(Cc1cccc(F)c1)C(=O)CSc1n[nH]c(-c2ccccc2Br)n1. The van der Waals surface area contributed by atoms with Crippen molar-refractivity contribution in [2.24, 2.45) is 0 Å². The van der Waals surface area contributed by atoms with Gasteiger partial charge in [-0.2, -0.15) is 0 Å². The van der Waals surface area contributed by atoms with E-state index in [4.69, 9.17) is 0 Å². The van der Waals surface area contributed by atoms with E-state index in [1.807, 2.05) is 37.3 Å². The standard InChI is InChI=1S/C19H18BrFN4OS/c1-2-25(11-13-6-5-7-14(21)10-13)17(26)12-27-19-22-18(23-24-19)15-8-3-4-9-16(15)20/h3-10H,2,11-12H2,1H3,(H,22,23,24). The summed E-state index contributed by atoms with van der Waals surface area (Å²) in [6.07, 6.45) is 0. The highest BCUT2D eigenvalue weighted by molar-refractivity contribution is 9.10. The third-order valence-electron chi connectivity index (χ3n) is 3.92. The molecule has 0 fully saturated rings. The van der Waals surface area contributed by atoms with Crippen molar-refractivity contribution in [1.82, 2.24) is 20.1 Å². The van der Waals surface area contributed by atoms with Gasteiger partial charge in [-0.15, -0.1) is 5.10 Å². The lowest BCUT2D eigenvalue weighted by Gasteiger charge is -2.20. The molecule has 1 aromatic heterocycles. The third kappa shape index (κ3) is 5.17. The van der Waals surface area contributed by atoms with Crippen LogP contribution in [0.4, 0.5) is 4.39 Å². The zero-order valence-electron chi connectivity index (χ0n) is 14.7. The first-order valence-electron chi connectivity index (χ1n) is 8.39. The van der Waals surface area contributed by atoms with E-state index in [2.05, 4.69) is 31.1 Å². The molecule has 0 bridgehead atoms. The van der Waals surface area contributed by atoms with Crippen molar-refractivity contribution in [1.29, 1.82) is 0 Å². The Kier molecular flexibility index (Phi) is 6.63. The average Bonchev–Trinajstić information content (AvgIpc) is 3.13. The molecule has 5 nitrogen and oxygen atoms in total. The second kappa shape index (κ2) is 9.14. The number of rotatable bonds is 7. The Morgan fingerprint density at radius 2 is 2.07 bits per heavy atom. The number of H-pyrrole nitrogens is 1. The summed E-state index contributed by atoms with van der Waals surface area (Å²) in [6, 6.07) is 14.0. The zero-order chi connectivity index (χ0) is 19.2. The fourth-order valence-corrected chi connectivity index (χ4v) is 3.71. The predicted molar refractivity (Wildman–Crippen MR) is 108 cm³/mol. The Balaban J connectivity index is 1.60. The van der Waals surface area contributed by atoms with Gasteiger partial charge in [-0.3, -0.25) is 9.89 Å². The molecule has 3 aromatic rings. The minimum Gasteiger partial charge on any atom is -0.338 e. The Hall–Kier alpha value is -2.19. The number of aromatic nitrogens is 3. The predicted octanol–water partition coefficient (Wildman–Crippen LogP) is 4.51. The summed E-state index contributed by atoms with van der Waals surface area (Å²) in [6.45, 7) is 2.83. The second-order valence-electron chi connectivity index (χ2n) is 5.77. The number of carbonyl (C=O) groups excluding carboxylic acids is 1. The Bertz CT molecular complexity index is 933. The molecule has 0 spiro atoms. The number of halogens is 2. The van der Waals surface area contributed by atoms with Gasteiger partial charge in [-0.25, -0.2) is 9.37 Å². The van der Waals surface area contributed by atoms with E-state index in [9.17, 15) is 9.18 Å². The molecular weight excluding hydrogens is 431 g/mol. The van der Waals surface area contributed by atoms with E-state index in [1.54, 1.807) is 11.0 Å². The van der Waals surface area contributed by atoms with Crippen molar-refractivity contribution in [3.05, 3.63) is 64.4 Å². The largest absolute Gasteiger partial charge is 0.338 e. The molecule has 0 aliphatic rings. The van der Waals surface area contributed by atoms with Crippen LogP contribution in [0.1, 0.15) is 12.5 Å². The summed E-state index contributed by atoms with van der Waals surface area (Å²) in [5.41, 5.74) is 1.67. The summed E-state index contributed by atoms with van der Waals surface area (Å²) in [5, 5.41) is 7.58. The third-order valence-corrected chi connectivity index (χ3v) is 5.44. The molecule has 0 aliphatic carbocycles. The van der Waals surface area contributed by atoms with Crippen LogP contribution in [0.25, 0.3) is 11.4 Å². The van der Waals surface area contributed by atoms with Gasteiger partial charge in [0.05, 0.1) is 5.75 Å². The molecule has 1 amide bonds. The molecule has 0 radical (unpaired) electrons. The number of hydrogen-bond acceptors (Lipinski definition) is 4. The van der Waals surface area contributed by atoms with Gasteiger partial charge < -0.3 is 4.90 Å². The first-order valence-corrected chi connectivity index (χ1v) is 10.2. The smallest absolute Gasteiger partial charge is 0.233 e. The normalized spacial score (nSPS) is 10.8. The Labute approximate surface area is 169 Å². The van der Waals surface area contributed by atoms with Gasteiger partial charge in [0, 0.05) is 23.1 Å². The molecule has 2 aromatic carbocycles. The summed E-state index contributed by atoms with van der Waals surface area (Å²) in [5.74, 6) is 0.519. The van der Waals surface area contributed by atoms with Gasteiger partial charge >= 0.3 is 0 Å². The molecule has 0 unspecified atom stereocenters. The number of nitrogens with zero attached hydrogens (tertiary/aromatic N) is 3. The number of benzene rings is 2. The van der Waals surface area contributed by atoms with Crippen molar-refractivity contribution in [3.8, 4) is 11.4 Å². The fraction of sp³-hybridized carbons (Fsp3) is 0.211. The highest BCUT2D eigenvalue weighted by atomic mass is 79.9. The molecule has 0 atom stereocenters. The van der Waals surface area contributed by atoms with Crippen LogP contribution in [0, 0.1) is 5.82 Å². The van der Waals surface area contributed by atoms with Gasteiger partial charge in [0.15, 0.2) is 5.82 Å². The topological polar surface area (TPSA) is 61.9 Å². The maximum absolute atomic E-state index is 13.3. The maximum Gasteiger partial charge on any atom is 0.233 e. The van der Waals surface area contributed by atoms with Crippen LogP contribution < -0.4 is 0 Å². The number of carbonyl (C=O) groups is 1. The highest BCUT2D eigenvalue weighted by Gasteiger charge is 2.15. The van der Waals surface area contributed by atoms with E-state index >= 15 is 0 Å². The van der Waals surface area contributed by atoms with Gasteiger partial charge in [-0.1, -0.05) is 58.0 Å². The number of hydrogen-bond donors (Lipinski definition) is 1. The van der Waals surface area contributed by atoms with Gasteiger partial charge in [0.25, 0.3) is 0 Å². The molecule has 0 aliphatic heterocycles. The van der Waals surface area contributed by atoms with Crippen molar-refractivity contribution in [2.45, 2.75) is 18.6 Å². The van der Waals surface area contributed by atoms with E-state index in [1.165, 1.54) is 23.9 Å². The minimum atomic E-state index is -0.300. The number of thioether (sulfide) groups is 1. The molecule has 0 saturated heterocycles. The average molecular weight is 449 g/mol. The Morgan fingerprint density at radius 3 is 2.81 bits per heavy atom. The van der Waals surface area contributed by atoms with Crippen LogP contribution in [0.2, 0.25) is 0 Å². The summed E-state index contributed by atoms with van der Waals surface area (Å²) >= 11 is 4.76. The highest BCUT2D eigenvalue weighted by Crippen LogP contribution is 2.26. The molecule has 1 heterocycles. The van der Waals surface area contributed by atoms with Crippen LogP contribution in [0.5, 0.6) is 0 Å². The van der Waals surface area contributed by atoms with Crippen molar-refractivity contribution >= 4 is 33.6 Å². The van der Waals surface area contributed by atoms with Crippen molar-refractivity contribution in [3.63, 3.8) is 0 Å². The van der Waals surface area contributed by atoms with Crippen LogP contribution >= 0.6 is 27.7 Å². The molecule has 27 heavy (non-hydrogen) atoms. The molecule has 140 valence electrons. The molecule has 3 rings (SSSR count). The van der Waals surface area contributed by atoms with Crippen LogP contribution in [-0.4, -0.2) is 38.3 Å². The van der Waals surface area contributed by atoms with E-state index < -0.39 is 0 Å². The van der Waals surface area contributed by atoms with Crippen LogP contribution in [0.15, 0.2) is 58.2 Å². The molecule has 0 saturated carbocycles. The monoisotopic (exact) mass is 448 g/mol. The Morgan fingerprint density at radius 1 is 1.26 bits per heavy atom. The second-order valence-corrected chi connectivity index (χ2v) is 7.57. The lowest BCUT2D eigenvalue weighted by atomic mass is 10.2. The van der Waals surface area contributed by atoms with Crippen molar-refractivity contribution < 1.29 is 9.18 Å². The molecule has 8 heteroatoms. The lowest BCUT2D eigenvalue weighted by molar-refractivity contribution is -0.128. The number of amides is 1. The van der Waals surface area contributed by atoms with E-state index in [0.717, 1.165) is 15.6 Å². The van der Waals surface area contributed by atoms with Crippen LogP contribution in [-0.2, 0) is 11.3 Å². The first kappa shape index (κ1) is 19.6. The van der Waals surface area contributed by atoms with Crippen molar-refractivity contribution in [2.75, 3.05) is 12.3 Å². The first-order chi connectivity index (χ1) is 13.1. The molecule has 1 N–H and O–H groups in total. The maximum atomic E-state index is 13.3. The quantitative estimate of drug-likeness (QED) is 0.539. The van der Waals surface area contributed by atoms with Crippen LogP contribution in [0.3, 0.4) is 0 Å². The summed E-state index contributed by atoms with van der Waals surface area (Å²) < 4.78 is 14.2. The summed E-state index contributed by atoms with van der Waals surface area (Å²) in [7, 11) is 0. The van der Waals surface area contributed by atoms with Gasteiger partial charge in [0.1, 0.15) is 5.82 Å². The lowest BCUT2D eigenvalue weighted by Crippen LogP contribution is -2.31. The van der Waals surface area contributed by atoms with E-state index in [0.29, 0.717) is 24.1 Å². The van der Waals surface area contributed by atoms with E-state index in [-0.39, 0.29) is 17.5 Å². The molecular formula is C19H18BrFN4OS. The minimum absolute atomic E-state index is 0.0426. The van der Waals surface area contributed by atoms with Gasteiger partial charge in [-0.05, 0) is 30.7 Å². The zero-order valence-corrected chi connectivity index (χ0v) is 17.1. The fourth-order valence-electron chi connectivity index (χ4n) is 2.53. The number of aromatic amines is 1.